The third-order valence-electron chi connectivity index (χ3n) is 9.60. The number of nitrogens with two attached hydrogens (primary N) is 1. The zero-order valence-electron chi connectivity index (χ0n) is 23.5. The molecule has 41 heavy (non-hydrogen) atoms. The number of rotatable bonds is 7. The third kappa shape index (κ3) is 5.57. The lowest BCUT2D eigenvalue weighted by atomic mass is 9.77. The lowest BCUT2D eigenvalue weighted by molar-refractivity contribution is 0.0998. The number of aromatic hydroxyl groups is 1. The number of hydrogen-bond acceptors (Lipinski definition) is 4. The summed E-state index contributed by atoms with van der Waals surface area (Å²) in [7, 11) is 0. The molecule has 3 aromatic rings. The number of amides is 1. The summed E-state index contributed by atoms with van der Waals surface area (Å²) in [4.78, 5) is 17.7. The Bertz CT molecular complexity index is 1410. The molecule has 3 aromatic carbocycles. The molecule has 1 unspecified atom stereocenters. The van der Waals surface area contributed by atoms with Crippen LogP contribution in [0.25, 0.3) is 0 Å². The van der Waals surface area contributed by atoms with Gasteiger partial charge in [-0.25, -0.2) is 0 Å². The van der Waals surface area contributed by atoms with Crippen molar-refractivity contribution in [3.8, 4) is 5.75 Å². The van der Waals surface area contributed by atoms with Gasteiger partial charge in [-0.15, -0.1) is 0 Å². The predicted octanol–water partition coefficient (Wildman–Crippen LogP) is 8.02. The average Bonchev–Trinajstić information content (AvgIpc) is 3.71. The number of anilines is 1. The van der Waals surface area contributed by atoms with Gasteiger partial charge in [0.1, 0.15) is 5.75 Å². The Morgan fingerprint density at radius 3 is 2.15 bits per heavy atom. The lowest BCUT2D eigenvalue weighted by Crippen LogP contribution is -2.48. The molecular weight excluding hydrogens is 553 g/mol. The zero-order valence-corrected chi connectivity index (χ0v) is 25.0. The maximum atomic E-state index is 13.0. The summed E-state index contributed by atoms with van der Waals surface area (Å²) in [6, 6.07) is 17.5. The van der Waals surface area contributed by atoms with Crippen LogP contribution >= 0.6 is 23.2 Å². The second kappa shape index (κ2) is 12.2. The molecule has 1 amide bonds. The summed E-state index contributed by atoms with van der Waals surface area (Å²) in [5.41, 5.74) is 12.3. The first-order chi connectivity index (χ1) is 19.9. The third-order valence-corrected chi connectivity index (χ3v) is 10.4. The van der Waals surface area contributed by atoms with Crippen LogP contribution in [0.2, 0.25) is 10.0 Å². The van der Waals surface area contributed by atoms with Crippen LogP contribution in [0.5, 0.6) is 5.75 Å². The van der Waals surface area contributed by atoms with E-state index in [-0.39, 0.29) is 17.7 Å². The molecule has 5 nitrogen and oxygen atoms in total. The molecule has 7 heteroatoms. The standard InChI is InChI=1S/C34H39Cl2N3O2/c35-27-13-7-14-28(32(27)36)38-18-20-39(21-19-38)33(25-12-5-6-15-29(25)40)31-24(22-8-1-2-9-22)16-17-26(34(37)41)30(31)23-10-3-4-11-23/h5-7,12-17,22-23,33,40H,1-4,8-11,18-21H2,(H2,37,41). The zero-order chi connectivity index (χ0) is 28.5. The largest absolute Gasteiger partial charge is 0.508 e. The number of carbonyl (C=O) groups is 1. The summed E-state index contributed by atoms with van der Waals surface area (Å²) in [5, 5.41) is 12.4. The number of halogens is 2. The molecule has 216 valence electrons. The Hall–Kier alpha value is -2.73. The Morgan fingerprint density at radius 2 is 1.49 bits per heavy atom. The number of primary amides is 1. The highest BCUT2D eigenvalue weighted by atomic mass is 35.5. The van der Waals surface area contributed by atoms with E-state index in [9.17, 15) is 9.90 Å². The number of carbonyl (C=O) groups excluding carboxylic acids is 1. The van der Waals surface area contributed by atoms with Gasteiger partial charge in [-0.2, -0.15) is 0 Å². The monoisotopic (exact) mass is 591 g/mol. The molecule has 1 heterocycles. The molecule has 2 saturated carbocycles. The van der Waals surface area contributed by atoms with E-state index in [0.717, 1.165) is 81.5 Å². The molecule has 2 aliphatic carbocycles. The molecule has 6 rings (SSSR count). The minimum Gasteiger partial charge on any atom is -0.508 e. The van der Waals surface area contributed by atoms with E-state index in [1.807, 2.05) is 42.5 Å². The summed E-state index contributed by atoms with van der Waals surface area (Å²) < 4.78 is 0. The number of phenolic OH excluding ortho intramolecular Hbond substituents is 1. The molecule has 0 aromatic heterocycles. The van der Waals surface area contributed by atoms with E-state index in [1.54, 1.807) is 6.07 Å². The Labute approximate surface area is 253 Å². The molecule has 3 aliphatic rings. The first kappa shape index (κ1) is 28.4. The van der Waals surface area contributed by atoms with Gasteiger partial charge in [-0.1, -0.05) is 79.2 Å². The van der Waals surface area contributed by atoms with E-state index >= 15 is 0 Å². The van der Waals surface area contributed by atoms with Crippen molar-refractivity contribution in [2.75, 3.05) is 31.1 Å². The van der Waals surface area contributed by atoms with Crippen molar-refractivity contribution in [1.29, 1.82) is 0 Å². The minimum atomic E-state index is -0.359. The second-order valence-electron chi connectivity index (χ2n) is 11.9. The SMILES string of the molecule is NC(=O)c1ccc(C2CCCC2)c(C(c2ccccc2O)N2CCN(c3cccc(Cl)c3Cl)CC2)c1C1CCCC1. The van der Waals surface area contributed by atoms with Crippen LogP contribution in [0, 0.1) is 0 Å². The van der Waals surface area contributed by atoms with Crippen LogP contribution in [-0.2, 0) is 0 Å². The van der Waals surface area contributed by atoms with Gasteiger partial charge in [0.05, 0.1) is 21.8 Å². The summed E-state index contributed by atoms with van der Waals surface area (Å²) in [5.74, 6) is 0.681. The van der Waals surface area contributed by atoms with Crippen LogP contribution in [0.1, 0.15) is 102 Å². The highest BCUT2D eigenvalue weighted by Gasteiger charge is 2.37. The van der Waals surface area contributed by atoms with Gasteiger partial charge in [-0.3, -0.25) is 9.69 Å². The Kier molecular flexibility index (Phi) is 8.48. The van der Waals surface area contributed by atoms with Crippen molar-refractivity contribution >= 4 is 34.8 Å². The normalized spacial score (nSPS) is 19.6. The lowest BCUT2D eigenvalue weighted by Gasteiger charge is -2.43. The highest BCUT2D eigenvalue weighted by Crippen LogP contribution is 2.49. The number of piperazine rings is 1. The van der Waals surface area contributed by atoms with Gasteiger partial charge < -0.3 is 15.7 Å². The maximum Gasteiger partial charge on any atom is 0.248 e. The van der Waals surface area contributed by atoms with Crippen molar-refractivity contribution in [2.24, 2.45) is 5.73 Å². The van der Waals surface area contributed by atoms with Crippen molar-refractivity contribution in [2.45, 2.75) is 69.2 Å². The van der Waals surface area contributed by atoms with Crippen LogP contribution in [-0.4, -0.2) is 42.1 Å². The van der Waals surface area contributed by atoms with E-state index in [2.05, 4.69) is 15.9 Å². The number of benzene rings is 3. The molecule has 1 atom stereocenters. The van der Waals surface area contributed by atoms with Crippen molar-refractivity contribution in [3.63, 3.8) is 0 Å². The van der Waals surface area contributed by atoms with Crippen LogP contribution in [0.15, 0.2) is 54.6 Å². The molecular formula is C34H39Cl2N3O2. The molecule has 3 N–H and O–H groups in total. The first-order valence-corrected chi connectivity index (χ1v) is 15.9. The topological polar surface area (TPSA) is 69.8 Å². The van der Waals surface area contributed by atoms with Gasteiger partial charge in [0.25, 0.3) is 0 Å². The molecule has 1 aliphatic heterocycles. The van der Waals surface area contributed by atoms with Gasteiger partial charge >= 0.3 is 0 Å². The van der Waals surface area contributed by atoms with E-state index in [1.165, 1.54) is 24.0 Å². The van der Waals surface area contributed by atoms with Gasteiger partial charge in [-0.05, 0) is 78.5 Å². The molecule has 0 radical (unpaired) electrons. The fraction of sp³-hybridized carbons (Fsp3) is 0.441. The highest BCUT2D eigenvalue weighted by molar-refractivity contribution is 6.43. The maximum absolute atomic E-state index is 13.0. The number of phenols is 1. The number of hydrogen-bond donors (Lipinski definition) is 2. The fourth-order valence-electron chi connectivity index (χ4n) is 7.63. The van der Waals surface area contributed by atoms with E-state index < -0.39 is 0 Å². The molecule has 0 spiro atoms. The quantitative estimate of drug-likeness (QED) is 0.292. The van der Waals surface area contributed by atoms with E-state index in [4.69, 9.17) is 28.9 Å². The van der Waals surface area contributed by atoms with Crippen molar-refractivity contribution in [1.82, 2.24) is 4.90 Å². The molecule has 0 bridgehead atoms. The van der Waals surface area contributed by atoms with Gasteiger partial charge in [0.2, 0.25) is 5.91 Å². The summed E-state index contributed by atoms with van der Waals surface area (Å²) >= 11 is 13.0. The van der Waals surface area contributed by atoms with Crippen molar-refractivity contribution < 1.29 is 9.90 Å². The van der Waals surface area contributed by atoms with E-state index in [0.29, 0.717) is 27.4 Å². The van der Waals surface area contributed by atoms with Crippen LogP contribution in [0.4, 0.5) is 5.69 Å². The second-order valence-corrected chi connectivity index (χ2v) is 12.7. The van der Waals surface area contributed by atoms with Crippen LogP contribution < -0.4 is 10.6 Å². The Morgan fingerprint density at radius 1 is 0.829 bits per heavy atom. The first-order valence-electron chi connectivity index (χ1n) is 15.1. The summed E-state index contributed by atoms with van der Waals surface area (Å²) in [6.45, 7) is 3.10. The van der Waals surface area contributed by atoms with Crippen molar-refractivity contribution in [3.05, 3.63) is 92.5 Å². The fourth-order valence-corrected chi connectivity index (χ4v) is 8.05. The predicted molar refractivity (Wildman–Crippen MR) is 168 cm³/mol. The van der Waals surface area contributed by atoms with Gasteiger partial charge in [0, 0.05) is 37.3 Å². The molecule has 1 saturated heterocycles. The summed E-state index contributed by atoms with van der Waals surface area (Å²) in [6.07, 6.45) is 9.21. The number of nitrogens with zero attached hydrogens (tertiary/aromatic N) is 2. The van der Waals surface area contributed by atoms with Crippen LogP contribution in [0.3, 0.4) is 0 Å². The minimum absolute atomic E-state index is 0.182. The average molecular weight is 593 g/mol. The Balaban J connectivity index is 1.49. The smallest absolute Gasteiger partial charge is 0.248 e. The molecule has 3 fully saturated rings. The number of para-hydroxylation sites is 1. The van der Waals surface area contributed by atoms with Gasteiger partial charge in [0.15, 0.2) is 0 Å².